The van der Waals surface area contributed by atoms with Gasteiger partial charge in [-0.25, -0.2) is 9.59 Å². The van der Waals surface area contributed by atoms with Crippen LogP contribution in [-0.4, -0.2) is 42.8 Å². The highest BCUT2D eigenvalue weighted by molar-refractivity contribution is 6.07. The molecule has 4 aliphatic rings. The van der Waals surface area contributed by atoms with Gasteiger partial charge in [0.05, 0.1) is 6.04 Å². The van der Waals surface area contributed by atoms with Gasteiger partial charge in [-0.05, 0) is 56.1 Å². The molecule has 3 fully saturated rings. The summed E-state index contributed by atoms with van der Waals surface area (Å²) in [6, 6.07) is 7.75. The summed E-state index contributed by atoms with van der Waals surface area (Å²) in [4.78, 5) is 36.5. The number of ether oxygens (including phenoxy) is 1. The summed E-state index contributed by atoms with van der Waals surface area (Å²) in [7, 11) is 0. The molecule has 5 rings (SSSR count). The molecule has 1 aromatic carbocycles. The van der Waals surface area contributed by atoms with Crippen molar-refractivity contribution in [3.8, 4) is 0 Å². The molecule has 0 bridgehead atoms. The molecule has 1 atom stereocenters. The lowest BCUT2D eigenvalue weighted by Gasteiger charge is -2.40. The van der Waals surface area contributed by atoms with E-state index in [0.29, 0.717) is 25.7 Å². The Morgan fingerprint density at radius 3 is 2.47 bits per heavy atom. The molecule has 8 heteroatoms. The fraction of sp³-hybridized carbons (Fsp3) is 0.591. The number of urea groups is 2. The minimum Gasteiger partial charge on any atom is -0.381 e. The first kappa shape index (κ1) is 19.4. The number of benzene rings is 1. The van der Waals surface area contributed by atoms with Crippen molar-refractivity contribution in [2.24, 2.45) is 5.41 Å². The van der Waals surface area contributed by atoms with Gasteiger partial charge in [0.1, 0.15) is 5.54 Å². The molecule has 2 heterocycles. The Balaban J connectivity index is 1.24. The molecular formula is C22H28N4O4. The van der Waals surface area contributed by atoms with Gasteiger partial charge in [0.15, 0.2) is 0 Å². The molecular weight excluding hydrogens is 384 g/mol. The maximum atomic E-state index is 12.9. The normalized spacial score (nSPS) is 31.9. The summed E-state index contributed by atoms with van der Waals surface area (Å²) in [5.41, 5.74) is 1.74. The topological polar surface area (TPSA) is 109 Å². The number of hydrogen-bond acceptors (Lipinski definition) is 4. The molecule has 2 aliphatic carbocycles. The molecule has 1 aromatic rings. The largest absolute Gasteiger partial charge is 0.381 e. The van der Waals surface area contributed by atoms with E-state index in [1.807, 2.05) is 6.07 Å². The number of hydrogen-bond donors (Lipinski definition) is 4. The maximum absolute atomic E-state index is 12.9. The van der Waals surface area contributed by atoms with Gasteiger partial charge in [-0.3, -0.25) is 10.1 Å². The van der Waals surface area contributed by atoms with Gasteiger partial charge < -0.3 is 20.7 Å². The Morgan fingerprint density at radius 2 is 1.77 bits per heavy atom. The van der Waals surface area contributed by atoms with E-state index in [9.17, 15) is 14.4 Å². The zero-order valence-electron chi connectivity index (χ0n) is 17.0. The van der Waals surface area contributed by atoms with Gasteiger partial charge >= 0.3 is 12.1 Å². The second-order valence-corrected chi connectivity index (χ2v) is 9.17. The van der Waals surface area contributed by atoms with Crippen molar-refractivity contribution < 1.29 is 19.1 Å². The minimum atomic E-state index is -0.803. The van der Waals surface area contributed by atoms with E-state index in [1.165, 1.54) is 11.1 Å². The van der Waals surface area contributed by atoms with Crippen LogP contribution < -0.4 is 21.3 Å². The van der Waals surface area contributed by atoms with Crippen molar-refractivity contribution in [2.75, 3.05) is 13.2 Å². The fourth-order valence-electron chi connectivity index (χ4n) is 5.76. The van der Waals surface area contributed by atoms with E-state index < -0.39 is 11.6 Å². The fourth-order valence-corrected chi connectivity index (χ4v) is 5.76. The highest BCUT2D eigenvalue weighted by Gasteiger charge is 2.49. The Bertz CT molecular complexity index is 872. The van der Waals surface area contributed by atoms with Crippen LogP contribution in [0.2, 0.25) is 0 Å². The van der Waals surface area contributed by atoms with Crippen LogP contribution in [-0.2, 0) is 16.0 Å². The standard InChI is InChI=1S/C22H28N4O4/c27-18-22(26-20(29)25-18)7-5-15(6-8-22)23-19(28)24-17-16-4-2-1-3-14(16)13-21(17)9-11-30-12-10-21/h1-4,15,17H,5-13H2,(H2,23,24,28)(H2,25,26,27,29). The zero-order chi connectivity index (χ0) is 20.8. The minimum absolute atomic E-state index is 0.0109. The molecule has 30 heavy (non-hydrogen) atoms. The van der Waals surface area contributed by atoms with Crippen molar-refractivity contribution in [3.05, 3.63) is 35.4 Å². The van der Waals surface area contributed by atoms with Crippen LogP contribution in [0.1, 0.15) is 55.7 Å². The number of rotatable bonds is 2. The van der Waals surface area contributed by atoms with E-state index in [0.717, 1.165) is 32.5 Å². The second kappa shape index (κ2) is 7.27. The molecule has 4 N–H and O–H groups in total. The van der Waals surface area contributed by atoms with Gasteiger partial charge in [0, 0.05) is 24.7 Å². The number of carbonyl (C=O) groups is 3. The van der Waals surface area contributed by atoms with Crippen LogP contribution in [0.25, 0.3) is 0 Å². The summed E-state index contributed by atoms with van der Waals surface area (Å²) < 4.78 is 5.60. The molecule has 2 saturated heterocycles. The number of nitrogens with one attached hydrogen (secondary N) is 4. The zero-order valence-corrected chi connectivity index (χ0v) is 17.0. The average molecular weight is 412 g/mol. The third kappa shape index (κ3) is 3.23. The summed E-state index contributed by atoms with van der Waals surface area (Å²) in [5.74, 6) is -0.251. The van der Waals surface area contributed by atoms with Gasteiger partial charge in [-0.15, -0.1) is 0 Å². The van der Waals surface area contributed by atoms with Crippen molar-refractivity contribution in [3.63, 3.8) is 0 Å². The lowest BCUT2D eigenvalue weighted by Crippen LogP contribution is -2.54. The Labute approximate surface area is 175 Å². The van der Waals surface area contributed by atoms with Crippen LogP contribution in [0.5, 0.6) is 0 Å². The molecule has 1 unspecified atom stereocenters. The predicted molar refractivity (Wildman–Crippen MR) is 109 cm³/mol. The van der Waals surface area contributed by atoms with Gasteiger partial charge in [0.2, 0.25) is 0 Å². The summed E-state index contributed by atoms with van der Waals surface area (Å²) in [6.07, 6.45) is 5.22. The molecule has 8 nitrogen and oxygen atoms in total. The van der Waals surface area contributed by atoms with Crippen LogP contribution >= 0.6 is 0 Å². The highest BCUT2D eigenvalue weighted by Crippen LogP contribution is 2.51. The van der Waals surface area contributed by atoms with E-state index in [4.69, 9.17) is 4.74 Å². The van der Waals surface area contributed by atoms with Crippen molar-refractivity contribution in [2.45, 2.75) is 62.6 Å². The number of fused-ring (bicyclic) bond motifs is 1. The number of amides is 5. The Kier molecular flexibility index (Phi) is 4.69. The number of imide groups is 1. The van der Waals surface area contributed by atoms with E-state index in [2.05, 4.69) is 39.5 Å². The summed E-state index contributed by atoms with van der Waals surface area (Å²) in [5, 5.41) is 11.5. The van der Waals surface area contributed by atoms with Crippen LogP contribution in [0.3, 0.4) is 0 Å². The first-order valence-corrected chi connectivity index (χ1v) is 10.9. The summed E-state index contributed by atoms with van der Waals surface area (Å²) >= 11 is 0. The lowest BCUT2D eigenvalue weighted by atomic mass is 9.74. The molecule has 1 saturated carbocycles. The van der Waals surface area contributed by atoms with Crippen molar-refractivity contribution in [1.29, 1.82) is 0 Å². The molecule has 160 valence electrons. The lowest BCUT2D eigenvalue weighted by molar-refractivity contribution is -0.125. The van der Waals surface area contributed by atoms with Crippen molar-refractivity contribution in [1.82, 2.24) is 21.3 Å². The maximum Gasteiger partial charge on any atom is 0.322 e. The van der Waals surface area contributed by atoms with Gasteiger partial charge in [-0.2, -0.15) is 0 Å². The molecule has 0 radical (unpaired) electrons. The van der Waals surface area contributed by atoms with E-state index >= 15 is 0 Å². The Morgan fingerprint density at radius 1 is 1.03 bits per heavy atom. The molecule has 5 amide bonds. The third-order valence-corrected chi connectivity index (χ3v) is 7.47. The van der Waals surface area contributed by atoms with Crippen LogP contribution in [0.4, 0.5) is 9.59 Å². The Hall–Kier alpha value is -2.61. The van der Waals surface area contributed by atoms with E-state index in [-0.39, 0.29) is 29.4 Å². The van der Waals surface area contributed by atoms with Gasteiger partial charge in [0.25, 0.3) is 5.91 Å². The van der Waals surface area contributed by atoms with Crippen LogP contribution in [0, 0.1) is 5.41 Å². The molecule has 0 aromatic heterocycles. The number of carbonyl (C=O) groups excluding carboxylic acids is 3. The quantitative estimate of drug-likeness (QED) is 0.556. The first-order chi connectivity index (χ1) is 14.5. The van der Waals surface area contributed by atoms with E-state index in [1.54, 1.807) is 0 Å². The average Bonchev–Trinajstić information content (AvgIpc) is 3.18. The van der Waals surface area contributed by atoms with Crippen LogP contribution in [0.15, 0.2) is 24.3 Å². The summed E-state index contributed by atoms with van der Waals surface area (Å²) in [6.45, 7) is 1.46. The first-order valence-electron chi connectivity index (χ1n) is 10.9. The predicted octanol–water partition coefficient (Wildman–Crippen LogP) is 1.90. The van der Waals surface area contributed by atoms with Crippen molar-refractivity contribution >= 4 is 18.0 Å². The SMILES string of the molecule is O=C(NC1CCC2(CC1)NC(=O)NC2=O)NC1c2ccccc2CC12CCOCC2. The monoisotopic (exact) mass is 412 g/mol. The smallest absolute Gasteiger partial charge is 0.322 e. The highest BCUT2D eigenvalue weighted by atomic mass is 16.5. The third-order valence-electron chi connectivity index (χ3n) is 7.47. The second-order valence-electron chi connectivity index (χ2n) is 9.17. The molecule has 2 spiro atoms. The van der Waals surface area contributed by atoms with Gasteiger partial charge in [-0.1, -0.05) is 24.3 Å². The molecule has 2 aliphatic heterocycles.